The third-order valence-electron chi connectivity index (χ3n) is 4.73. The lowest BCUT2D eigenvalue weighted by Gasteiger charge is -2.47. The summed E-state index contributed by atoms with van der Waals surface area (Å²) in [6, 6.07) is 6.12. The second kappa shape index (κ2) is 6.04. The van der Waals surface area contributed by atoms with E-state index in [9.17, 15) is 9.18 Å². The number of carbonyl (C=O) groups is 1. The van der Waals surface area contributed by atoms with Crippen LogP contribution in [0.5, 0.6) is 0 Å². The number of hydrogen-bond donors (Lipinski definition) is 2. The van der Waals surface area contributed by atoms with Crippen molar-refractivity contribution in [3.63, 3.8) is 0 Å². The Labute approximate surface area is 126 Å². The first-order valence-corrected chi connectivity index (χ1v) is 7.69. The molecule has 1 saturated carbocycles. The van der Waals surface area contributed by atoms with Gasteiger partial charge in [-0.3, -0.25) is 4.79 Å². The first kappa shape index (κ1) is 15.8. The lowest BCUT2D eigenvalue weighted by atomic mass is 9.64. The molecular weight excluding hydrogens is 267 g/mol. The molecule has 0 bridgehead atoms. The molecule has 1 aromatic carbocycles. The molecule has 3 unspecified atom stereocenters. The van der Waals surface area contributed by atoms with Crippen LogP contribution in [0.15, 0.2) is 24.3 Å². The molecule has 3 atom stereocenters. The number of rotatable bonds is 4. The van der Waals surface area contributed by atoms with Gasteiger partial charge in [0.2, 0.25) is 5.91 Å². The summed E-state index contributed by atoms with van der Waals surface area (Å²) in [6.07, 6.45) is 2.82. The zero-order chi connectivity index (χ0) is 15.6. The number of benzene rings is 1. The topological polar surface area (TPSA) is 55.1 Å². The monoisotopic (exact) mass is 292 g/mol. The van der Waals surface area contributed by atoms with Gasteiger partial charge in [0.15, 0.2) is 0 Å². The van der Waals surface area contributed by atoms with E-state index in [1.54, 1.807) is 12.1 Å². The highest BCUT2D eigenvalue weighted by Crippen LogP contribution is 2.43. The fourth-order valence-electron chi connectivity index (χ4n) is 3.70. The summed E-state index contributed by atoms with van der Waals surface area (Å²) >= 11 is 0. The van der Waals surface area contributed by atoms with Gasteiger partial charge in [-0.2, -0.15) is 0 Å². The Kier molecular flexibility index (Phi) is 4.55. The van der Waals surface area contributed by atoms with Crippen LogP contribution in [0, 0.1) is 23.6 Å². The van der Waals surface area contributed by atoms with Crippen molar-refractivity contribution in [3.8, 4) is 0 Å². The van der Waals surface area contributed by atoms with Gasteiger partial charge in [0.05, 0.1) is 0 Å². The number of anilines is 1. The Balaban J connectivity index is 2.36. The molecule has 116 valence electrons. The fourth-order valence-corrected chi connectivity index (χ4v) is 3.70. The van der Waals surface area contributed by atoms with Crippen molar-refractivity contribution in [3.05, 3.63) is 30.1 Å². The summed E-state index contributed by atoms with van der Waals surface area (Å²) in [7, 11) is 0. The predicted octanol–water partition coefficient (Wildman–Crippen LogP) is 3.55. The second-order valence-corrected chi connectivity index (χ2v) is 6.70. The van der Waals surface area contributed by atoms with E-state index in [0.717, 1.165) is 24.9 Å². The van der Waals surface area contributed by atoms with Gasteiger partial charge in [0.25, 0.3) is 0 Å². The van der Waals surface area contributed by atoms with E-state index in [-0.39, 0.29) is 17.6 Å². The van der Waals surface area contributed by atoms with Crippen molar-refractivity contribution in [2.45, 2.75) is 45.6 Å². The molecular formula is C17H25FN2O. The van der Waals surface area contributed by atoms with E-state index in [0.29, 0.717) is 11.8 Å². The van der Waals surface area contributed by atoms with E-state index in [1.807, 2.05) is 0 Å². The highest BCUT2D eigenvalue weighted by Gasteiger charge is 2.48. The molecule has 0 radical (unpaired) electrons. The minimum absolute atomic E-state index is 0.191. The number of carbonyl (C=O) groups excluding carboxylic acids is 1. The Morgan fingerprint density at radius 3 is 2.48 bits per heavy atom. The van der Waals surface area contributed by atoms with Gasteiger partial charge in [-0.1, -0.05) is 27.2 Å². The summed E-state index contributed by atoms with van der Waals surface area (Å²) in [6.45, 7) is 6.41. The van der Waals surface area contributed by atoms with Crippen molar-refractivity contribution in [2.75, 3.05) is 5.32 Å². The maximum Gasteiger partial charge on any atom is 0.243 e. The van der Waals surface area contributed by atoms with Crippen LogP contribution in [0.3, 0.4) is 0 Å². The van der Waals surface area contributed by atoms with Crippen molar-refractivity contribution in [1.29, 1.82) is 0 Å². The molecule has 1 aromatic rings. The number of nitrogens with two attached hydrogens (primary N) is 1. The average molecular weight is 292 g/mol. The lowest BCUT2D eigenvalue weighted by Crippen LogP contribution is -2.60. The average Bonchev–Trinajstić information content (AvgIpc) is 2.41. The molecule has 1 aliphatic carbocycles. The van der Waals surface area contributed by atoms with Crippen LogP contribution in [-0.4, -0.2) is 11.4 Å². The van der Waals surface area contributed by atoms with Crippen LogP contribution in [0.1, 0.15) is 40.0 Å². The van der Waals surface area contributed by atoms with Crippen LogP contribution in [0.4, 0.5) is 10.1 Å². The summed E-state index contributed by atoms with van der Waals surface area (Å²) in [5.41, 5.74) is 5.79. The van der Waals surface area contributed by atoms with E-state index >= 15 is 0 Å². The molecule has 0 aliphatic heterocycles. The Morgan fingerprint density at radius 2 is 1.95 bits per heavy atom. The van der Waals surface area contributed by atoms with Crippen LogP contribution in [-0.2, 0) is 4.79 Å². The normalized spacial score (nSPS) is 29.4. The Morgan fingerprint density at radius 1 is 1.33 bits per heavy atom. The molecule has 0 heterocycles. The molecule has 0 spiro atoms. The van der Waals surface area contributed by atoms with Gasteiger partial charge in [0.1, 0.15) is 11.4 Å². The standard InChI is InChI=1S/C17H25FN2O/c1-11(2)15-9-4-12(3)10-17(15,16(19)21)20-14-7-5-13(18)6-8-14/h5-8,11-12,15,20H,4,9-10H2,1-3H3,(H2,19,21). The number of nitrogens with one attached hydrogen (secondary N) is 1. The van der Waals surface area contributed by atoms with Gasteiger partial charge in [0, 0.05) is 5.69 Å². The van der Waals surface area contributed by atoms with Gasteiger partial charge in [-0.15, -0.1) is 0 Å². The van der Waals surface area contributed by atoms with E-state index < -0.39 is 5.54 Å². The number of halogens is 1. The van der Waals surface area contributed by atoms with E-state index in [2.05, 4.69) is 26.1 Å². The maximum absolute atomic E-state index is 13.1. The largest absolute Gasteiger partial charge is 0.371 e. The van der Waals surface area contributed by atoms with Crippen molar-refractivity contribution in [2.24, 2.45) is 23.5 Å². The molecule has 3 N–H and O–H groups in total. The SMILES string of the molecule is CC1CCC(C(C)C)C(Nc2ccc(F)cc2)(C(N)=O)C1. The van der Waals surface area contributed by atoms with Gasteiger partial charge in [-0.25, -0.2) is 4.39 Å². The van der Waals surface area contributed by atoms with Crippen LogP contribution < -0.4 is 11.1 Å². The van der Waals surface area contributed by atoms with Gasteiger partial charge in [-0.05, 0) is 54.9 Å². The highest BCUT2D eigenvalue weighted by atomic mass is 19.1. The van der Waals surface area contributed by atoms with Crippen LogP contribution >= 0.6 is 0 Å². The summed E-state index contributed by atoms with van der Waals surface area (Å²) < 4.78 is 13.1. The van der Waals surface area contributed by atoms with E-state index in [1.165, 1.54) is 12.1 Å². The summed E-state index contributed by atoms with van der Waals surface area (Å²) in [5, 5.41) is 3.34. The van der Waals surface area contributed by atoms with Gasteiger partial charge >= 0.3 is 0 Å². The molecule has 1 aliphatic rings. The molecule has 0 aromatic heterocycles. The minimum atomic E-state index is -0.746. The van der Waals surface area contributed by atoms with Gasteiger partial charge < -0.3 is 11.1 Å². The lowest BCUT2D eigenvalue weighted by molar-refractivity contribution is -0.126. The first-order valence-electron chi connectivity index (χ1n) is 7.69. The molecule has 2 rings (SSSR count). The van der Waals surface area contributed by atoms with Crippen molar-refractivity contribution < 1.29 is 9.18 Å². The minimum Gasteiger partial charge on any atom is -0.371 e. The van der Waals surface area contributed by atoms with Crippen molar-refractivity contribution in [1.82, 2.24) is 0 Å². The zero-order valence-electron chi connectivity index (χ0n) is 13.0. The third-order valence-corrected chi connectivity index (χ3v) is 4.73. The molecule has 1 amide bonds. The predicted molar refractivity (Wildman–Crippen MR) is 83.3 cm³/mol. The Bertz CT molecular complexity index is 500. The second-order valence-electron chi connectivity index (χ2n) is 6.70. The fraction of sp³-hybridized carbons (Fsp3) is 0.588. The van der Waals surface area contributed by atoms with Crippen molar-refractivity contribution >= 4 is 11.6 Å². The number of hydrogen-bond acceptors (Lipinski definition) is 2. The number of amides is 1. The molecule has 1 fully saturated rings. The smallest absolute Gasteiger partial charge is 0.243 e. The molecule has 3 nitrogen and oxygen atoms in total. The first-order chi connectivity index (χ1) is 9.85. The zero-order valence-corrected chi connectivity index (χ0v) is 13.0. The maximum atomic E-state index is 13.1. The summed E-state index contributed by atoms with van der Waals surface area (Å²) in [4.78, 5) is 12.3. The summed E-state index contributed by atoms with van der Waals surface area (Å²) in [5.74, 6) is 0.401. The third kappa shape index (κ3) is 3.20. The Hall–Kier alpha value is -1.58. The van der Waals surface area contributed by atoms with E-state index in [4.69, 9.17) is 5.73 Å². The highest BCUT2D eigenvalue weighted by molar-refractivity contribution is 5.88. The molecule has 0 saturated heterocycles. The molecule has 21 heavy (non-hydrogen) atoms. The number of primary amides is 1. The van der Waals surface area contributed by atoms with Crippen LogP contribution in [0.25, 0.3) is 0 Å². The quantitative estimate of drug-likeness (QED) is 0.891. The van der Waals surface area contributed by atoms with Crippen LogP contribution in [0.2, 0.25) is 0 Å². The molecule has 4 heteroatoms.